The SMILES string of the molecule is Cc1noc(-c2ccc3nc(C)[nH]c3c2)n1. The van der Waals surface area contributed by atoms with Crippen LogP contribution in [0.2, 0.25) is 0 Å². The molecule has 0 aliphatic carbocycles. The third kappa shape index (κ3) is 1.37. The van der Waals surface area contributed by atoms with Crippen LogP contribution in [-0.4, -0.2) is 20.1 Å². The van der Waals surface area contributed by atoms with E-state index in [1.807, 2.05) is 25.1 Å². The van der Waals surface area contributed by atoms with E-state index in [0.717, 1.165) is 22.4 Å². The van der Waals surface area contributed by atoms with Crippen molar-refractivity contribution in [2.75, 3.05) is 0 Å². The summed E-state index contributed by atoms with van der Waals surface area (Å²) in [6.07, 6.45) is 0. The number of rotatable bonds is 1. The van der Waals surface area contributed by atoms with Crippen molar-refractivity contribution >= 4 is 11.0 Å². The van der Waals surface area contributed by atoms with Gasteiger partial charge >= 0.3 is 0 Å². The minimum atomic E-state index is 0.534. The maximum atomic E-state index is 5.11. The molecule has 0 saturated heterocycles. The molecule has 2 heterocycles. The monoisotopic (exact) mass is 214 g/mol. The van der Waals surface area contributed by atoms with Gasteiger partial charge in [-0.2, -0.15) is 4.98 Å². The van der Waals surface area contributed by atoms with E-state index in [2.05, 4.69) is 20.1 Å². The predicted molar refractivity (Wildman–Crippen MR) is 58.9 cm³/mol. The Hall–Kier alpha value is -2.17. The number of nitrogens with zero attached hydrogens (tertiary/aromatic N) is 3. The van der Waals surface area contributed by atoms with Crippen LogP contribution in [0.4, 0.5) is 0 Å². The van der Waals surface area contributed by atoms with E-state index in [0.29, 0.717) is 11.7 Å². The molecule has 3 aromatic rings. The number of aryl methyl sites for hydroxylation is 2. The first-order valence-electron chi connectivity index (χ1n) is 4.99. The lowest BCUT2D eigenvalue weighted by molar-refractivity contribution is 0.425. The summed E-state index contributed by atoms with van der Waals surface area (Å²) in [7, 11) is 0. The van der Waals surface area contributed by atoms with Gasteiger partial charge in [-0.05, 0) is 32.0 Å². The third-order valence-electron chi connectivity index (χ3n) is 2.37. The van der Waals surface area contributed by atoms with Crippen LogP contribution < -0.4 is 0 Å². The van der Waals surface area contributed by atoms with Gasteiger partial charge in [-0.1, -0.05) is 5.16 Å². The lowest BCUT2D eigenvalue weighted by Gasteiger charge is -1.93. The van der Waals surface area contributed by atoms with Gasteiger partial charge in [0, 0.05) is 5.56 Å². The summed E-state index contributed by atoms with van der Waals surface area (Å²) in [4.78, 5) is 11.7. The number of imidazole rings is 1. The van der Waals surface area contributed by atoms with E-state index in [4.69, 9.17) is 4.52 Å². The number of aromatic nitrogens is 4. The molecule has 3 rings (SSSR count). The second-order valence-corrected chi connectivity index (χ2v) is 3.70. The van der Waals surface area contributed by atoms with Crippen molar-refractivity contribution in [3.05, 3.63) is 29.8 Å². The second kappa shape index (κ2) is 3.16. The highest BCUT2D eigenvalue weighted by molar-refractivity contribution is 5.80. The van der Waals surface area contributed by atoms with Crippen molar-refractivity contribution in [3.8, 4) is 11.5 Å². The first kappa shape index (κ1) is 9.08. The highest BCUT2D eigenvalue weighted by Crippen LogP contribution is 2.21. The minimum absolute atomic E-state index is 0.534. The van der Waals surface area contributed by atoms with Gasteiger partial charge in [0.2, 0.25) is 0 Å². The third-order valence-corrected chi connectivity index (χ3v) is 2.37. The average Bonchev–Trinajstić information content (AvgIpc) is 2.81. The van der Waals surface area contributed by atoms with Crippen LogP contribution in [0.15, 0.2) is 22.7 Å². The summed E-state index contributed by atoms with van der Waals surface area (Å²) in [6.45, 7) is 3.72. The number of hydrogen-bond acceptors (Lipinski definition) is 4. The Balaban J connectivity index is 2.17. The van der Waals surface area contributed by atoms with E-state index in [-0.39, 0.29) is 0 Å². The summed E-state index contributed by atoms with van der Waals surface area (Å²) < 4.78 is 5.11. The zero-order valence-electron chi connectivity index (χ0n) is 8.98. The fraction of sp³-hybridized carbons (Fsp3) is 0.182. The molecule has 0 aliphatic rings. The van der Waals surface area contributed by atoms with E-state index in [1.165, 1.54) is 0 Å². The van der Waals surface area contributed by atoms with Crippen molar-refractivity contribution in [1.82, 2.24) is 20.1 Å². The highest BCUT2D eigenvalue weighted by atomic mass is 16.5. The van der Waals surface area contributed by atoms with E-state index < -0.39 is 0 Å². The standard InChI is InChI=1S/C11H10N4O/c1-6-12-9-4-3-8(5-10(9)13-6)11-14-7(2)15-16-11/h3-5H,1-2H3,(H,12,13). The molecule has 16 heavy (non-hydrogen) atoms. The van der Waals surface area contributed by atoms with Crippen LogP contribution >= 0.6 is 0 Å². The zero-order chi connectivity index (χ0) is 11.1. The van der Waals surface area contributed by atoms with Crippen molar-refractivity contribution in [2.45, 2.75) is 13.8 Å². The summed E-state index contributed by atoms with van der Waals surface area (Å²) in [6, 6.07) is 5.82. The zero-order valence-corrected chi connectivity index (χ0v) is 8.98. The second-order valence-electron chi connectivity index (χ2n) is 3.70. The molecule has 0 amide bonds. The molecule has 0 fully saturated rings. The number of benzene rings is 1. The van der Waals surface area contributed by atoms with Gasteiger partial charge in [-0.25, -0.2) is 4.98 Å². The molecular weight excluding hydrogens is 204 g/mol. The maximum absolute atomic E-state index is 5.11. The molecular formula is C11H10N4O. The Kier molecular flexibility index (Phi) is 1.80. The van der Waals surface area contributed by atoms with E-state index >= 15 is 0 Å². The van der Waals surface area contributed by atoms with Gasteiger partial charge in [0.05, 0.1) is 11.0 Å². The number of fused-ring (bicyclic) bond motifs is 1. The summed E-state index contributed by atoms with van der Waals surface area (Å²) in [5.74, 6) is 2.07. The molecule has 0 unspecified atom stereocenters. The molecule has 0 atom stereocenters. The smallest absolute Gasteiger partial charge is 0.257 e. The number of aromatic amines is 1. The number of hydrogen-bond donors (Lipinski definition) is 1. The van der Waals surface area contributed by atoms with Gasteiger partial charge in [0.1, 0.15) is 5.82 Å². The maximum Gasteiger partial charge on any atom is 0.257 e. The molecule has 0 spiro atoms. The van der Waals surface area contributed by atoms with Crippen LogP contribution in [0, 0.1) is 13.8 Å². The van der Waals surface area contributed by atoms with E-state index in [9.17, 15) is 0 Å². The van der Waals surface area contributed by atoms with Crippen LogP contribution in [0.1, 0.15) is 11.6 Å². The minimum Gasteiger partial charge on any atom is -0.342 e. The Labute approximate surface area is 91.5 Å². The average molecular weight is 214 g/mol. The summed E-state index contributed by atoms with van der Waals surface area (Å²) >= 11 is 0. The Bertz CT molecular complexity index is 653. The quantitative estimate of drug-likeness (QED) is 0.674. The Morgan fingerprint density at radius 2 is 2.06 bits per heavy atom. The predicted octanol–water partition coefficient (Wildman–Crippen LogP) is 2.23. The largest absolute Gasteiger partial charge is 0.342 e. The molecule has 0 bridgehead atoms. The molecule has 80 valence electrons. The number of H-pyrrole nitrogens is 1. The molecule has 0 radical (unpaired) electrons. The van der Waals surface area contributed by atoms with Gasteiger partial charge in [-0.15, -0.1) is 0 Å². The topological polar surface area (TPSA) is 67.6 Å². The lowest BCUT2D eigenvalue weighted by atomic mass is 10.2. The molecule has 1 N–H and O–H groups in total. The molecule has 5 heteroatoms. The van der Waals surface area contributed by atoms with E-state index in [1.54, 1.807) is 6.92 Å². The summed E-state index contributed by atoms with van der Waals surface area (Å²) in [5.41, 5.74) is 2.82. The van der Waals surface area contributed by atoms with Crippen LogP contribution in [-0.2, 0) is 0 Å². The first-order chi connectivity index (χ1) is 7.72. The van der Waals surface area contributed by atoms with Gasteiger partial charge in [0.15, 0.2) is 5.82 Å². The number of nitrogens with one attached hydrogen (secondary N) is 1. The molecule has 1 aromatic carbocycles. The van der Waals surface area contributed by atoms with Crippen molar-refractivity contribution in [1.29, 1.82) is 0 Å². The Morgan fingerprint density at radius 1 is 1.19 bits per heavy atom. The lowest BCUT2D eigenvalue weighted by Crippen LogP contribution is -1.78. The van der Waals surface area contributed by atoms with Gasteiger partial charge < -0.3 is 9.51 Å². The van der Waals surface area contributed by atoms with Gasteiger partial charge in [-0.3, -0.25) is 0 Å². The fourth-order valence-electron chi connectivity index (χ4n) is 1.68. The van der Waals surface area contributed by atoms with Crippen molar-refractivity contribution in [2.24, 2.45) is 0 Å². The molecule has 5 nitrogen and oxygen atoms in total. The molecule has 2 aromatic heterocycles. The normalized spacial score (nSPS) is 11.1. The Morgan fingerprint density at radius 3 is 2.81 bits per heavy atom. The van der Waals surface area contributed by atoms with Crippen molar-refractivity contribution < 1.29 is 4.52 Å². The molecule has 0 saturated carbocycles. The molecule has 0 aliphatic heterocycles. The highest BCUT2D eigenvalue weighted by Gasteiger charge is 2.08. The van der Waals surface area contributed by atoms with Crippen LogP contribution in [0.5, 0.6) is 0 Å². The van der Waals surface area contributed by atoms with Gasteiger partial charge in [0.25, 0.3) is 5.89 Å². The van der Waals surface area contributed by atoms with Crippen LogP contribution in [0.25, 0.3) is 22.5 Å². The van der Waals surface area contributed by atoms with Crippen LogP contribution in [0.3, 0.4) is 0 Å². The van der Waals surface area contributed by atoms with Crippen molar-refractivity contribution in [3.63, 3.8) is 0 Å². The fourth-order valence-corrected chi connectivity index (χ4v) is 1.68. The summed E-state index contributed by atoms with van der Waals surface area (Å²) in [5, 5.41) is 3.77. The first-order valence-corrected chi connectivity index (χ1v) is 4.99.